The molecular weight excluding hydrogens is 248 g/mol. The van der Waals surface area contributed by atoms with Crippen molar-refractivity contribution in [3.05, 3.63) is 30.3 Å². The molecule has 0 aromatic heterocycles. The molecule has 1 saturated carbocycles. The fourth-order valence-electron chi connectivity index (χ4n) is 2.77. The number of nitriles is 1. The van der Waals surface area contributed by atoms with Gasteiger partial charge in [0.15, 0.2) is 0 Å². The molecule has 1 fully saturated rings. The van der Waals surface area contributed by atoms with Crippen LogP contribution in [0.5, 0.6) is 5.75 Å². The van der Waals surface area contributed by atoms with Crippen molar-refractivity contribution in [2.24, 2.45) is 5.92 Å². The minimum Gasteiger partial charge on any atom is -0.494 e. The normalized spacial score (nSPS) is 22.8. The third-order valence-corrected chi connectivity index (χ3v) is 3.92. The maximum atomic E-state index is 9.22. The van der Waals surface area contributed by atoms with E-state index in [0.717, 1.165) is 38.2 Å². The van der Waals surface area contributed by atoms with Gasteiger partial charge in [0.05, 0.1) is 18.6 Å². The first kappa shape index (κ1) is 14.9. The summed E-state index contributed by atoms with van der Waals surface area (Å²) in [6.45, 7) is 1.65. The smallest absolute Gasteiger partial charge is 0.119 e. The predicted molar refractivity (Wildman–Crippen MR) is 80.5 cm³/mol. The summed E-state index contributed by atoms with van der Waals surface area (Å²) in [5.74, 6) is 1.12. The van der Waals surface area contributed by atoms with Gasteiger partial charge in [-0.2, -0.15) is 5.26 Å². The highest BCUT2D eigenvalue weighted by molar-refractivity contribution is 5.20. The van der Waals surface area contributed by atoms with E-state index in [1.807, 2.05) is 30.3 Å². The number of nitrogens with one attached hydrogen (secondary N) is 1. The van der Waals surface area contributed by atoms with Crippen molar-refractivity contribution < 1.29 is 4.74 Å². The van der Waals surface area contributed by atoms with E-state index in [1.54, 1.807) is 0 Å². The standard InChI is InChI=1S/C17H24N2O/c18-14-15-8-3-1-6-11-17(15)19-12-7-13-20-16-9-4-2-5-10-16/h2,4-5,9-10,15,17,19H,1,3,6-8,11-13H2. The van der Waals surface area contributed by atoms with Crippen molar-refractivity contribution in [3.63, 3.8) is 0 Å². The van der Waals surface area contributed by atoms with Crippen LogP contribution in [0.25, 0.3) is 0 Å². The van der Waals surface area contributed by atoms with E-state index in [4.69, 9.17) is 4.74 Å². The molecule has 0 saturated heterocycles. The van der Waals surface area contributed by atoms with Gasteiger partial charge in [0.25, 0.3) is 0 Å². The van der Waals surface area contributed by atoms with E-state index in [2.05, 4.69) is 11.4 Å². The molecule has 0 amide bonds. The molecule has 0 aliphatic heterocycles. The van der Waals surface area contributed by atoms with Gasteiger partial charge in [0, 0.05) is 6.04 Å². The van der Waals surface area contributed by atoms with Gasteiger partial charge in [0.2, 0.25) is 0 Å². The van der Waals surface area contributed by atoms with Gasteiger partial charge >= 0.3 is 0 Å². The van der Waals surface area contributed by atoms with Crippen LogP contribution in [-0.4, -0.2) is 19.2 Å². The predicted octanol–water partition coefficient (Wildman–Crippen LogP) is 3.52. The summed E-state index contributed by atoms with van der Waals surface area (Å²) in [7, 11) is 0. The Morgan fingerprint density at radius 3 is 2.75 bits per heavy atom. The Bertz CT molecular complexity index is 413. The lowest BCUT2D eigenvalue weighted by Crippen LogP contribution is -2.36. The Hall–Kier alpha value is -1.53. The van der Waals surface area contributed by atoms with Gasteiger partial charge in [-0.05, 0) is 37.9 Å². The van der Waals surface area contributed by atoms with Crippen molar-refractivity contribution >= 4 is 0 Å². The summed E-state index contributed by atoms with van der Waals surface area (Å²) < 4.78 is 5.67. The van der Waals surface area contributed by atoms with Crippen LogP contribution in [0.15, 0.2) is 30.3 Å². The zero-order valence-corrected chi connectivity index (χ0v) is 12.1. The highest BCUT2D eigenvalue weighted by atomic mass is 16.5. The zero-order chi connectivity index (χ0) is 14.0. The van der Waals surface area contributed by atoms with Gasteiger partial charge in [-0.1, -0.05) is 37.5 Å². The molecule has 20 heavy (non-hydrogen) atoms. The lowest BCUT2D eigenvalue weighted by atomic mass is 9.96. The Balaban J connectivity index is 1.63. The number of hydrogen-bond donors (Lipinski definition) is 1. The minimum atomic E-state index is 0.188. The molecule has 0 radical (unpaired) electrons. The van der Waals surface area contributed by atoms with Gasteiger partial charge in [-0.15, -0.1) is 0 Å². The van der Waals surface area contributed by atoms with Gasteiger partial charge in [0.1, 0.15) is 5.75 Å². The number of hydrogen-bond acceptors (Lipinski definition) is 3. The summed E-state index contributed by atoms with van der Waals surface area (Å²) >= 11 is 0. The first-order chi connectivity index (χ1) is 9.90. The molecule has 2 unspecified atom stereocenters. The second-order valence-corrected chi connectivity index (χ2v) is 5.45. The molecule has 3 nitrogen and oxygen atoms in total. The van der Waals surface area contributed by atoms with E-state index < -0.39 is 0 Å². The van der Waals surface area contributed by atoms with Crippen LogP contribution >= 0.6 is 0 Å². The summed E-state index contributed by atoms with van der Waals surface area (Å²) in [6.07, 6.45) is 6.88. The lowest BCUT2D eigenvalue weighted by molar-refractivity contribution is 0.298. The highest BCUT2D eigenvalue weighted by Crippen LogP contribution is 2.22. The SMILES string of the molecule is N#CC1CCCCCC1NCCCOc1ccccc1. The second kappa shape index (κ2) is 8.60. The van der Waals surface area contributed by atoms with Crippen molar-refractivity contribution in [3.8, 4) is 11.8 Å². The Morgan fingerprint density at radius 1 is 1.15 bits per heavy atom. The van der Waals surface area contributed by atoms with Crippen LogP contribution in [0.2, 0.25) is 0 Å². The molecule has 1 aromatic rings. The van der Waals surface area contributed by atoms with Gasteiger partial charge < -0.3 is 10.1 Å². The van der Waals surface area contributed by atoms with Crippen molar-refractivity contribution in [2.45, 2.75) is 44.6 Å². The molecule has 2 rings (SSSR count). The molecule has 1 N–H and O–H groups in total. The average molecular weight is 272 g/mol. The second-order valence-electron chi connectivity index (χ2n) is 5.45. The number of benzene rings is 1. The number of ether oxygens (including phenoxy) is 1. The average Bonchev–Trinajstić information content (AvgIpc) is 2.73. The molecule has 0 bridgehead atoms. The lowest BCUT2D eigenvalue weighted by Gasteiger charge is -2.20. The topological polar surface area (TPSA) is 45.0 Å². The molecule has 2 atom stereocenters. The van der Waals surface area contributed by atoms with Crippen molar-refractivity contribution in [1.29, 1.82) is 5.26 Å². The summed E-state index contributed by atoms with van der Waals surface area (Å²) in [5.41, 5.74) is 0. The van der Waals surface area contributed by atoms with E-state index in [0.29, 0.717) is 6.04 Å². The summed E-state index contributed by atoms with van der Waals surface area (Å²) in [6, 6.07) is 12.7. The van der Waals surface area contributed by atoms with Crippen LogP contribution in [0.1, 0.15) is 38.5 Å². The Morgan fingerprint density at radius 2 is 1.95 bits per heavy atom. The van der Waals surface area contributed by atoms with Crippen molar-refractivity contribution in [2.75, 3.05) is 13.2 Å². The molecule has 0 heterocycles. The van der Waals surface area contributed by atoms with Crippen LogP contribution in [-0.2, 0) is 0 Å². The van der Waals surface area contributed by atoms with Crippen molar-refractivity contribution in [1.82, 2.24) is 5.32 Å². The third kappa shape index (κ3) is 4.86. The van der Waals surface area contributed by atoms with Crippen LogP contribution in [0.3, 0.4) is 0 Å². The number of para-hydroxylation sites is 1. The maximum absolute atomic E-state index is 9.22. The quantitative estimate of drug-likeness (QED) is 0.636. The molecule has 3 heteroatoms. The molecule has 108 valence electrons. The Kier molecular flexibility index (Phi) is 6.40. The summed E-state index contributed by atoms with van der Waals surface area (Å²) in [4.78, 5) is 0. The van der Waals surface area contributed by atoms with E-state index >= 15 is 0 Å². The fraction of sp³-hybridized carbons (Fsp3) is 0.588. The molecular formula is C17H24N2O. The molecule has 1 aliphatic carbocycles. The molecule has 1 aliphatic rings. The first-order valence-electron chi connectivity index (χ1n) is 7.71. The van der Waals surface area contributed by atoms with Crippen LogP contribution < -0.4 is 10.1 Å². The minimum absolute atomic E-state index is 0.188. The van der Waals surface area contributed by atoms with Gasteiger partial charge in [-0.3, -0.25) is 0 Å². The number of nitrogens with zero attached hydrogens (tertiary/aromatic N) is 1. The van der Waals surface area contributed by atoms with E-state index in [1.165, 1.54) is 19.3 Å². The van der Waals surface area contributed by atoms with Gasteiger partial charge in [-0.25, -0.2) is 0 Å². The maximum Gasteiger partial charge on any atom is 0.119 e. The summed E-state index contributed by atoms with van der Waals surface area (Å²) in [5, 5.41) is 12.8. The molecule has 1 aromatic carbocycles. The fourth-order valence-corrected chi connectivity index (χ4v) is 2.77. The highest BCUT2D eigenvalue weighted by Gasteiger charge is 2.22. The Labute approximate surface area is 121 Å². The third-order valence-electron chi connectivity index (χ3n) is 3.92. The first-order valence-corrected chi connectivity index (χ1v) is 7.71. The number of rotatable bonds is 6. The van der Waals surface area contributed by atoms with Crippen LogP contribution in [0, 0.1) is 17.2 Å². The zero-order valence-electron chi connectivity index (χ0n) is 12.1. The monoisotopic (exact) mass is 272 g/mol. The molecule has 0 spiro atoms. The van der Waals surface area contributed by atoms with E-state index in [9.17, 15) is 5.26 Å². The largest absolute Gasteiger partial charge is 0.494 e. The van der Waals surface area contributed by atoms with Crippen LogP contribution in [0.4, 0.5) is 0 Å². The van der Waals surface area contributed by atoms with E-state index in [-0.39, 0.29) is 5.92 Å².